The fraction of sp³-hybridized carbons (Fsp3) is 0.667. The Labute approximate surface area is 55.5 Å². The Morgan fingerprint density at radius 1 is 1.11 bits per heavy atom. The van der Waals surface area contributed by atoms with Crippen molar-refractivity contribution in [2.75, 3.05) is 0 Å². The van der Waals surface area contributed by atoms with Crippen molar-refractivity contribution in [3.63, 3.8) is 0 Å². The van der Waals surface area contributed by atoms with Gasteiger partial charge in [-0.1, -0.05) is 13.8 Å². The Morgan fingerprint density at radius 3 is 1.56 bits per heavy atom. The summed E-state index contributed by atoms with van der Waals surface area (Å²) < 4.78 is 21.6. The molecule has 0 radical (unpaired) electrons. The molecular weight excluding hydrogens is 136 g/mol. The zero-order valence-electron chi connectivity index (χ0n) is 5.64. The maximum absolute atomic E-state index is 10.8. The van der Waals surface area contributed by atoms with Crippen molar-refractivity contribution in [2.24, 2.45) is 0 Å². The molecule has 0 unspecified atom stereocenters. The Hall–Kier alpha value is -0.310. The molecule has 1 rings (SSSR count). The average Bonchev–Trinajstić information content (AvgIpc) is 2.32. The molecule has 0 saturated heterocycles. The summed E-state index contributed by atoms with van der Waals surface area (Å²) in [5.41, 5.74) is 0. The van der Waals surface area contributed by atoms with E-state index in [2.05, 4.69) is 0 Å². The van der Waals surface area contributed by atoms with Gasteiger partial charge in [0.05, 0.1) is 9.81 Å². The van der Waals surface area contributed by atoms with Gasteiger partial charge in [-0.25, -0.2) is 8.42 Å². The Morgan fingerprint density at radius 2 is 1.44 bits per heavy atom. The zero-order chi connectivity index (χ0) is 7.07. The second-order valence-corrected chi connectivity index (χ2v) is 4.05. The third-order valence-electron chi connectivity index (χ3n) is 1.56. The summed E-state index contributed by atoms with van der Waals surface area (Å²) in [4.78, 5) is 1.34. The maximum atomic E-state index is 10.8. The van der Waals surface area contributed by atoms with Gasteiger partial charge in [0.1, 0.15) is 0 Å². The highest BCUT2D eigenvalue weighted by atomic mass is 32.2. The summed E-state index contributed by atoms with van der Waals surface area (Å²) in [6, 6.07) is 0. The third kappa shape index (κ3) is 0.796. The minimum atomic E-state index is -2.77. The van der Waals surface area contributed by atoms with Crippen molar-refractivity contribution >= 4 is 9.84 Å². The summed E-state index contributed by atoms with van der Waals surface area (Å²) in [5, 5.41) is 0. The minimum absolute atomic E-state index is 0.671. The van der Waals surface area contributed by atoms with Crippen molar-refractivity contribution in [1.29, 1.82) is 0 Å². The van der Waals surface area contributed by atoms with Crippen molar-refractivity contribution in [3.05, 3.63) is 9.81 Å². The molecule has 0 N–H and O–H groups in total. The first-order valence-electron chi connectivity index (χ1n) is 3.11. The van der Waals surface area contributed by atoms with Crippen molar-refractivity contribution in [1.82, 2.24) is 0 Å². The van der Waals surface area contributed by atoms with Crippen LogP contribution in [0.5, 0.6) is 0 Å². The molecule has 0 bridgehead atoms. The first-order valence-corrected chi connectivity index (χ1v) is 4.60. The summed E-state index contributed by atoms with van der Waals surface area (Å²) in [6.07, 6.45) is 1.34. The SMILES string of the molecule is CCC1=C(CC)S1(=O)=O. The van der Waals surface area contributed by atoms with Crippen LogP contribution in [0.3, 0.4) is 0 Å². The third-order valence-corrected chi connectivity index (χ3v) is 3.72. The second kappa shape index (κ2) is 1.84. The quantitative estimate of drug-likeness (QED) is 0.590. The monoisotopic (exact) mass is 146 g/mol. The molecule has 0 aromatic rings. The molecule has 3 heteroatoms. The van der Waals surface area contributed by atoms with Gasteiger partial charge in [-0.05, 0) is 12.8 Å². The van der Waals surface area contributed by atoms with Gasteiger partial charge in [0, 0.05) is 0 Å². The predicted octanol–water partition coefficient (Wildman–Crippen LogP) is 1.45. The van der Waals surface area contributed by atoms with E-state index in [1.165, 1.54) is 0 Å². The van der Waals surface area contributed by atoms with Crippen LogP contribution in [-0.2, 0) is 9.84 Å². The minimum Gasteiger partial charge on any atom is -0.219 e. The predicted molar refractivity (Wildman–Crippen MR) is 36.5 cm³/mol. The fourth-order valence-electron chi connectivity index (χ4n) is 1.05. The van der Waals surface area contributed by atoms with Gasteiger partial charge in [0.25, 0.3) is 0 Å². The first kappa shape index (κ1) is 6.81. The number of sulfone groups is 1. The van der Waals surface area contributed by atoms with Crippen molar-refractivity contribution < 1.29 is 8.42 Å². The van der Waals surface area contributed by atoms with E-state index >= 15 is 0 Å². The molecule has 0 atom stereocenters. The van der Waals surface area contributed by atoms with Crippen LogP contribution in [0.1, 0.15) is 26.7 Å². The summed E-state index contributed by atoms with van der Waals surface area (Å²) in [6.45, 7) is 3.74. The highest BCUT2D eigenvalue weighted by molar-refractivity contribution is 8.05. The van der Waals surface area contributed by atoms with Crippen LogP contribution in [0.2, 0.25) is 0 Å². The molecule has 9 heavy (non-hydrogen) atoms. The molecule has 2 nitrogen and oxygen atoms in total. The van der Waals surface area contributed by atoms with E-state index in [9.17, 15) is 8.42 Å². The van der Waals surface area contributed by atoms with Gasteiger partial charge in [-0.3, -0.25) is 0 Å². The van der Waals surface area contributed by atoms with E-state index in [4.69, 9.17) is 0 Å². The molecule has 0 fully saturated rings. The Bertz CT molecular complexity index is 226. The van der Waals surface area contributed by atoms with Crippen molar-refractivity contribution in [2.45, 2.75) is 26.7 Å². The molecule has 0 aromatic carbocycles. The molecule has 0 aromatic heterocycles. The van der Waals surface area contributed by atoms with Gasteiger partial charge in [0.2, 0.25) is 9.84 Å². The first-order chi connectivity index (χ1) is 4.14. The average molecular weight is 146 g/mol. The van der Waals surface area contributed by atoms with Gasteiger partial charge in [0.15, 0.2) is 0 Å². The van der Waals surface area contributed by atoms with E-state index in [1.54, 1.807) is 0 Å². The largest absolute Gasteiger partial charge is 0.219 e. The highest BCUT2D eigenvalue weighted by Crippen LogP contribution is 2.40. The molecule has 1 aliphatic rings. The number of rotatable bonds is 2. The standard InChI is InChI=1S/C6H10O2S/c1-3-5-6(4-2)9(5,7)8/h3-4H2,1-2H3. The number of allylic oxidation sites excluding steroid dienone is 2. The zero-order valence-corrected chi connectivity index (χ0v) is 6.46. The number of hydrogen-bond acceptors (Lipinski definition) is 2. The lowest BCUT2D eigenvalue weighted by Crippen LogP contribution is -1.76. The molecule has 1 heterocycles. The highest BCUT2D eigenvalue weighted by Gasteiger charge is 2.39. The maximum Gasteiger partial charge on any atom is 0.200 e. The Balaban J connectivity index is 2.85. The van der Waals surface area contributed by atoms with Crippen LogP contribution in [0.25, 0.3) is 0 Å². The van der Waals surface area contributed by atoms with E-state index in [0.717, 1.165) is 0 Å². The smallest absolute Gasteiger partial charge is 0.200 e. The van der Waals surface area contributed by atoms with Gasteiger partial charge in [-0.2, -0.15) is 0 Å². The van der Waals surface area contributed by atoms with E-state index in [0.29, 0.717) is 22.7 Å². The van der Waals surface area contributed by atoms with Gasteiger partial charge < -0.3 is 0 Å². The van der Waals surface area contributed by atoms with Crippen LogP contribution in [-0.4, -0.2) is 8.42 Å². The molecule has 52 valence electrons. The van der Waals surface area contributed by atoms with E-state index in [1.807, 2.05) is 13.8 Å². The molecule has 1 aliphatic heterocycles. The topological polar surface area (TPSA) is 34.1 Å². The number of hydrogen-bond donors (Lipinski definition) is 0. The van der Waals surface area contributed by atoms with E-state index in [-0.39, 0.29) is 0 Å². The second-order valence-electron chi connectivity index (χ2n) is 2.06. The summed E-state index contributed by atoms with van der Waals surface area (Å²) in [5.74, 6) is 0. The lowest BCUT2D eigenvalue weighted by atomic mass is 10.4. The van der Waals surface area contributed by atoms with Crippen LogP contribution in [0.4, 0.5) is 0 Å². The van der Waals surface area contributed by atoms with Crippen LogP contribution in [0, 0.1) is 0 Å². The van der Waals surface area contributed by atoms with Crippen LogP contribution < -0.4 is 0 Å². The van der Waals surface area contributed by atoms with Gasteiger partial charge in [-0.15, -0.1) is 0 Å². The van der Waals surface area contributed by atoms with E-state index < -0.39 is 9.84 Å². The normalized spacial score (nSPS) is 22.4. The molecule has 0 amide bonds. The fourth-order valence-corrected chi connectivity index (χ4v) is 2.85. The molecule has 0 spiro atoms. The molecular formula is C6H10O2S. The lowest BCUT2D eigenvalue weighted by Gasteiger charge is -1.72. The van der Waals surface area contributed by atoms with Crippen LogP contribution >= 0.6 is 0 Å². The molecule has 0 saturated carbocycles. The Kier molecular flexibility index (Phi) is 1.39. The van der Waals surface area contributed by atoms with Crippen LogP contribution in [0.15, 0.2) is 9.81 Å². The lowest BCUT2D eigenvalue weighted by molar-refractivity contribution is 0.613. The summed E-state index contributed by atoms with van der Waals surface area (Å²) >= 11 is 0. The van der Waals surface area contributed by atoms with Gasteiger partial charge >= 0.3 is 0 Å². The van der Waals surface area contributed by atoms with Crippen molar-refractivity contribution in [3.8, 4) is 0 Å². The summed E-state index contributed by atoms with van der Waals surface area (Å²) in [7, 11) is -2.77. The molecule has 0 aliphatic carbocycles.